The molecule has 0 heterocycles. The second-order valence-electron chi connectivity index (χ2n) is 1.14. The van der Waals surface area contributed by atoms with Gasteiger partial charge in [0.15, 0.2) is 6.10 Å². The van der Waals surface area contributed by atoms with Crippen LogP contribution in [-0.2, 0) is 9.32 Å². The minimum Gasteiger partial charge on any atom is -0.450 e. The van der Waals surface area contributed by atoms with Crippen LogP contribution < -0.4 is 0 Å². The molecule has 8 heavy (non-hydrogen) atoms. The number of carbonyl (C=O) groups is 1. The van der Waals surface area contributed by atoms with E-state index >= 15 is 0 Å². The summed E-state index contributed by atoms with van der Waals surface area (Å²) in [6.45, 7) is -0.604. The number of hydrogen-bond donors (Lipinski definition) is 2. The van der Waals surface area contributed by atoms with E-state index in [0.29, 0.717) is 0 Å². The molecule has 0 aromatic heterocycles. The summed E-state index contributed by atoms with van der Waals surface area (Å²) in [5.41, 5.74) is 0. The number of hydrogen-bond acceptors (Lipinski definition) is 4. The van der Waals surface area contributed by atoms with Crippen molar-refractivity contribution < 1.29 is 19.5 Å². The quantitative estimate of drug-likeness (QED) is 0.464. The van der Waals surface area contributed by atoms with Crippen LogP contribution in [0, 0.1) is 0 Å². The lowest BCUT2D eigenvalue weighted by Gasteiger charge is -2.01. The van der Waals surface area contributed by atoms with Crippen LogP contribution in [0.15, 0.2) is 0 Å². The molecule has 2 atom stereocenters. The van der Waals surface area contributed by atoms with E-state index in [4.69, 9.17) is 10.2 Å². The monoisotopic (exact) mass is 138 g/mol. The van der Waals surface area contributed by atoms with Crippen molar-refractivity contribution in [2.24, 2.45) is 0 Å². The van der Waals surface area contributed by atoms with Crippen LogP contribution >= 0.6 is 9.47 Å². The van der Waals surface area contributed by atoms with Gasteiger partial charge in [0.05, 0.1) is 16.1 Å². The molecule has 0 aliphatic rings. The molecular formula is C3H7O4P. The molecular weight excluding hydrogens is 131 g/mol. The molecule has 2 N–H and O–H groups in total. The summed E-state index contributed by atoms with van der Waals surface area (Å²) >= 11 is 0. The molecule has 0 aliphatic carbocycles. The Bertz CT molecular complexity index is 83.4. The van der Waals surface area contributed by atoms with Crippen LogP contribution in [0.4, 0.5) is 0 Å². The lowest BCUT2D eigenvalue weighted by molar-refractivity contribution is -0.144. The van der Waals surface area contributed by atoms with Gasteiger partial charge in [-0.25, -0.2) is 4.79 Å². The SMILES string of the molecule is O=C(OP)C(O)CO. The fraction of sp³-hybridized carbons (Fsp3) is 0.667. The topological polar surface area (TPSA) is 66.8 Å². The smallest absolute Gasteiger partial charge is 0.339 e. The van der Waals surface area contributed by atoms with Crippen LogP contribution in [0.25, 0.3) is 0 Å². The lowest BCUT2D eigenvalue weighted by atomic mass is 10.4. The molecule has 0 aliphatic heterocycles. The van der Waals surface area contributed by atoms with Crippen LogP contribution in [0.2, 0.25) is 0 Å². The first kappa shape index (κ1) is 7.82. The predicted molar refractivity (Wildman–Crippen MR) is 28.9 cm³/mol. The fourth-order valence-corrected chi connectivity index (χ4v) is 0.310. The molecule has 0 saturated carbocycles. The van der Waals surface area contributed by atoms with Crippen molar-refractivity contribution in [3.8, 4) is 0 Å². The van der Waals surface area contributed by atoms with Gasteiger partial charge in [0.1, 0.15) is 0 Å². The summed E-state index contributed by atoms with van der Waals surface area (Å²) in [5.74, 6) is -0.850. The third-order valence-corrected chi connectivity index (χ3v) is 0.793. The number of rotatable bonds is 2. The molecule has 0 bridgehead atoms. The minimum atomic E-state index is -1.41. The van der Waals surface area contributed by atoms with Gasteiger partial charge in [-0.15, -0.1) is 0 Å². The molecule has 5 heteroatoms. The summed E-state index contributed by atoms with van der Waals surface area (Å²) in [7, 11) is 1.67. The first-order valence-corrected chi connectivity index (χ1v) is 2.39. The number of aliphatic hydroxyl groups excluding tert-OH is 2. The Kier molecular flexibility index (Phi) is 3.69. The summed E-state index contributed by atoms with van der Waals surface area (Å²) in [6.07, 6.45) is -1.41. The third kappa shape index (κ3) is 2.21. The Morgan fingerprint density at radius 2 is 2.38 bits per heavy atom. The van der Waals surface area contributed by atoms with Crippen molar-refractivity contribution in [2.75, 3.05) is 6.61 Å². The van der Waals surface area contributed by atoms with E-state index in [1.54, 1.807) is 9.47 Å². The Hall–Kier alpha value is -0.180. The molecule has 0 amide bonds. The Morgan fingerprint density at radius 1 is 1.88 bits per heavy atom. The predicted octanol–water partition coefficient (Wildman–Crippen LogP) is -1.33. The van der Waals surface area contributed by atoms with Gasteiger partial charge in [0.2, 0.25) is 0 Å². The summed E-state index contributed by atoms with van der Waals surface area (Å²) in [6, 6.07) is 0. The normalized spacial score (nSPS) is 12.9. The minimum absolute atomic E-state index is 0.604. The van der Waals surface area contributed by atoms with Gasteiger partial charge in [-0.3, -0.25) is 0 Å². The Balaban J connectivity index is 3.46. The second kappa shape index (κ2) is 3.78. The van der Waals surface area contributed by atoms with Crippen LogP contribution in [0.3, 0.4) is 0 Å². The average Bonchev–Trinajstić information content (AvgIpc) is 1.84. The van der Waals surface area contributed by atoms with Gasteiger partial charge in [-0.1, -0.05) is 0 Å². The van der Waals surface area contributed by atoms with Crippen molar-refractivity contribution >= 4 is 15.4 Å². The zero-order valence-electron chi connectivity index (χ0n) is 4.07. The molecule has 0 rings (SSSR count). The summed E-state index contributed by atoms with van der Waals surface area (Å²) < 4.78 is 3.97. The van der Waals surface area contributed by atoms with Crippen molar-refractivity contribution in [1.29, 1.82) is 0 Å². The standard InChI is InChI=1S/C3H7O4P/c4-1-2(5)3(6)7-8/h2,4-5H,1,8H2. The molecule has 0 aromatic rings. The van der Waals surface area contributed by atoms with Crippen LogP contribution in [0.5, 0.6) is 0 Å². The maximum atomic E-state index is 10.1. The number of carbonyl (C=O) groups excluding carboxylic acids is 1. The number of aliphatic hydroxyl groups is 2. The van der Waals surface area contributed by atoms with Gasteiger partial charge < -0.3 is 14.7 Å². The highest BCUT2D eigenvalue weighted by molar-refractivity contribution is 7.10. The molecule has 0 saturated heterocycles. The Morgan fingerprint density at radius 3 is 2.50 bits per heavy atom. The van der Waals surface area contributed by atoms with Gasteiger partial charge in [-0.05, 0) is 0 Å². The van der Waals surface area contributed by atoms with Crippen LogP contribution in [-0.4, -0.2) is 28.9 Å². The van der Waals surface area contributed by atoms with Gasteiger partial charge >= 0.3 is 5.97 Å². The third-order valence-electron chi connectivity index (χ3n) is 0.561. The largest absolute Gasteiger partial charge is 0.450 e. The molecule has 0 radical (unpaired) electrons. The zero-order valence-corrected chi connectivity index (χ0v) is 5.23. The molecule has 4 nitrogen and oxygen atoms in total. The van der Waals surface area contributed by atoms with Gasteiger partial charge in [0, 0.05) is 0 Å². The van der Waals surface area contributed by atoms with Crippen molar-refractivity contribution in [3.63, 3.8) is 0 Å². The van der Waals surface area contributed by atoms with E-state index in [1.165, 1.54) is 0 Å². The Labute approximate surface area is 48.7 Å². The van der Waals surface area contributed by atoms with E-state index in [9.17, 15) is 4.79 Å². The molecule has 0 spiro atoms. The lowest BCUT2D eigenvalue weighted by Crippen LogP contribution is -2.23. The van der Waals surface area contributed by atoms with E-state index in [-0.39, 0.29) is 0 Å². The molecule has 2 unspecified atom stereocenters. The average molecular weight is 138 g/mol. The maximum absolute atomic E-state index is 10.1. The van der Waals surface area contributed by atoms with Crippen molar-refractivity contribution in [2.45, 2.75) is 6.10 Å². The molecule has 0 fully saturated rings. The van der Waals surface area contributed by atoms with Gasteiger partial charge in [-0.2, -0.15) is 0 Å². The van der Waals surface area contributed by atoms with E-state index in [1.807, 2.05) is 0 Å². The van der Waals surface area contributed by atoms with E-state index in [0.717, 1.165) is 0 Å². The molecule has 0 aromatic carbocycles. The summed E-state index contributed by atoms with van der Waals surface area (Å²) in [4.78, 5) is 10.1. The molecule has 48 valence electrons. The van der Waals surface area contributed by atoms with Gasteiger partial charge in [0.25, 0.3) is 0 Å². The summed E-state index contributed by atoms with van der Waals surface area (Å²) in [5, 5.41) is 16.5. The highest BCUT2D eigenvalue weighted by Crippen LogP contribution is 1.91. The van der Waals surface area contributed by atoms with Crippen LogP contribution in [0.1, 0.15) is 0 Å². The fourth-order valence-electron chi connectivity index (χ4n) is 0.153. The van der Waals surface area contributed by atoms with E-state index < -0.39 is 18.7 Å². The first-order valence-electron chi connectivity index (χ1n) is 1.92. The maximum Gasteiger partial charge on any atom is 0.339 e. The first-order chi connectivity index (χ1) is 3.72. The zero-order chi connectivity index (χ0) is 6.57. The highest BCUT2D eigenvalue weighted by atomic mass is 31.0. The highest BCUT2D eigenvalue weighted by Gasteiger charge is 2.12. The van der Waals surface area contributed by atoms with Crippen molar-refractivity contribution in [1.82, 2.24) is 0 Å². The van der Waals surface area contributed by atoms with Crippen molar-refractivity contribution in [3.05, 3.63) is 0 Å². The second-order valence-corrected chi connectivity index (χ2v) is 1.37. The van der Waals surface area contributed by atoms with E-state index in [2.05, 4.69) is 4.52 Å².